The lowest BCUT2D eigenvalue weighted by molar-refractivity contribution is 0.0636. The topological polar surface area (TPSA) is 105 Å². The molecule has 0 aliphatic carbocycles. The van der Waals surface area contributed by atoms with Crippen LogP contribution in [0.5, 0.6) is 0 Å². The van der Waals surface area contributed by atoms with Gasteiger partial charge in [-0.05, 0) is 30.5 Å². The molecule has 0 spiro atoms. The molecular weight excluding hydrogens is 362 g/mol. The number of imide groups is 1. The monoisotopic (exact) mass is 389 g/mol. The number of fused-ring (bicyclic) bond motifs is 1. The zero-order valence-electron chi connectivity index (χ0n) is 16.5. The van der Waals surface area contributed by atoms with E-state index >= 15 is 0 Å². The molecule has 8 nitrogen and oxygen atoms in total. The highest BCUT2D eigenvalue weighted by Crippen LogP contribution is 2.24. The van der Waals surface area contributed by atoms with Gasteiger partial charge >= 0.3 is 6.09 Å². The summed E-state index contributed by atoms with van der Waals surface area (Å²) < 4.78 is 4.95. The summed E-state index contributed by atoms with van der Waals surface area (Å²) in [6, 6.07) is 4.47. The van der Waals surface area contributed by atoms with E-state index in [1.54, 1.807) is 0 Å². The Kier molecular flexibility index (Phi) is 7.54. The van der Waals surface area contributed by atoms with Gasteiger partial charge in [0.1, 0.15) is 0 Å². The maximum Gasteiger partial charge on any atom is 0.407 e. The second kappa shape index (κ2) is 9.87. The molecule has 0 fully saturated rings. The van der Waals surface area contributed by atoms with Gasteiger partial charge in [-0.1, -0.05) is 27.2 Å². The molecule has 152 valence electrons. The molecule has 4 amide bonds. The molecule has 0 unspecified atom stereocenters. The number of carbonyl (C=O) groups is 4. The summed E-state index contributed by atoms with van der Waals surface area (Å²) in [6.45, 7) is 7.00. The zero-order valence-corrected chi connectivity index (χ0v) is 16.5. The number of nitrogens with zero attached hydrogens (tertiary/aromatic N) is 1. The molecule has 1 heterocycles. The standard InChI is InChI=1S/C20H27N3O5/c1-4-5-10-28-20(27)22-9-8-21-17(24)14-6-7-15-16(11-14)19(26)23(18(15)25)12-13(2)3/h6-7,11,13H,4-5,8-10,12H2,1-3H3,(H,21,24)(H,22,27). The van der Waals surface area contributed by atoms with Crippen LogP contribution < -0.4 is 10.6 Å². The number of unbranched alkanes of at least 4 members (excludes halogenated alkanes) is 1. The van der Waals surface area contributed by atoms with Gasteiger partial charge in [-0.2, -0.15) is 0 Å². The summed E-state index contributed by atoms with van der Waals surface area (Å²) in [5, 5.41) is 5.21. The van der Waals surface area contributed by atoms with Crippen LogP contribution in [0.1, 0.15) is 64.7 Å². The molecule has 28 heavy (non-hydrogen) atoms. The Morgan fingerprint density at radius 2 is 1.75 bits per heavy atom. The minimum absolute atomic E-state index is 0.158. The zero-order chi connectivity index (χ0) is 20.7. The summed E-state index contributed by atoms with van der Waals surface area (Å²) >= 11 is 0. The highest BCUT2D eigenvalue weighted by atomic mass is 16.5. The number of nitrogens with one attached hydrogen (secondary N) is 2. The fraction of sp³-hybridized carbons (Fsp3) is 0.500. The molecule has 0 aromatic heterocycles. The molecule has 2 N–H and O–H groups in total. The summed E-state index contributed by atoms with van der Waals surface area (Å²) in [5.74, 6) is -0.927. The Morgan fingerprint density at radius 3 is 2.43 bits per heavy atom. The molecule has 0 atom stereocenters. The summed E-state index contributed by atoms with van der Waals surface area (Å²) in [4.78, 5) is 49.7. The lowest BCUT2D eigenvalue weighted by atomic mass is 10.1. The normalized spacial score (nSPS) is 12.9. The first-order chi connectivity index (χ1) is 13.3. The molecular formula is C20H27N3O5. The van der Waals surface area contributed by atoms with Crippen LogP contribution in [0, 0.1) is 5.92 Å². The van der Waals surface area contributed by atoms with Crippen molar-refractivity contribution in [3.8, 4) is 0 Å². The molecule has 8 heteroatoms. The van der Waals surface area contributed by atoms with Gasteiger partial charge in [0, 0.05) is 25.2 Å². The maximum absolute atomic E-state index is 12.5. The first kappa shape index (κ1) is 21.4. The Hall–Kier alpha value is -2.90. The van der Waals surface area contributed by atoms with Gasteiger partial charge in [0.25, 0.3) is 17.7 Å². The number of benzene rings is 1. The van der Waals surface area contributed by atoms with Gasteiger partial charge in [0.05, 0.1) is 17.7 Å². The lowest BCUT2D eigenvalue weighted by Crippen LogP contribution is -2.35. The van der Waals surface area contributed by atoms with Crippen molar-refractivity contribution in [2.24, 2.45) is 5.92 Å². The van der Waals surface area contributed by atoms with Crippen molar-refractivity contribution in [3.05, 3.63) is 34.9 Å². The van der Waals surface area contributed by atoms with Gasteiger partial charge < -0.3 is 15.4 Å². The first-order valence-corrected chi connectivity index (χ1v) is 9.54. The van der Waals surface area contributed by atoms with E-state index in [4.69, 9.17) is 4.74 Å². The smallest absolute Gasteiger partial charge is 0.407 e. The number of rotatable bonds is 9. The third-order valence-electron chi connectivity index (χ3n) is 4.19. The van der Waals surface area contributed by atoms with Crippen molar-refractivity contribution in [2.45, 2.75) is 33.6 Å². The van der Waals surface area contributed by atoms with Crippen molar-refractivity contribution in [2.75, 3.05) is 26.2 Å². The van der Waals surface area contributed by atoms with Crippen LogP contribution in [0.2, 0.25) is 0 Å². The maximum atomic E-state index is 12.5. The quantitative estimate of drug-likeness (QED) is 0.498. The van der Waals surface area contributed by atoms with Crippen LogP contribution in [0.25, 0.3) is 0 Å². The second-order valence-electron chi connectivity index (χ2n) is 7.05. The van der Waals surface area contributed by atoms with E-state index < -0.39 is 6.09 Å². The molecule has 0 saturated heterocycles. The molecule has 1 aliphatic heterocycles. The molecule has 0 saturated carbocycles. The van der Waals surface area contributed by atoms with E-state index in [9.17, 15) is 19.2 Å². The molecule has 1 aliphatic rings. The predicted octanol–water partition coefficient (Wildman–Crippen LogP) is 2.19. The number of alkyl carbamates (subject to hydrolysis) is 1. The molecule has 0 bridgehead atoms. The van der Waals surface area contributed by atoms with E-state index in [2.05, 4.69) is 10.6 Å². The lowest BCUT2D eigenvalue weighted by Gasteiger charge is -2.15. The average molecular weight is 389 g/mol. The van der Waals surface area contributed by atoms with E-state index in [1.165, 1.54) is 23.1 Å². The van der Waals surface area contributed by atoms with Crippen LogP contribution in [-0.4, -0.2) is 55.0 Å². The summed E-state index contributed by atoms with van der Waals surface area (Å²) in [5.41, 5.74) is 0.853. The highest BCUT2D eigenvalue weighted by Gasteiger charge is 2.36. The number of hydrogen-bond donors (Lipinski definition) is 2. The van der Waals surface area contributed by atoms with Crippen LogP contribution in [0.15, 0.2) is 18.2 Å². The minimum atomic E-state index is -0.519. The van der Waals surface area contributed by atoms with Crippen molar-refractivity contribution < 1.29 is 23.9 Å². The van der Waals surface area contributed by atoms with Crippen molar-refractivity contribution in [3.63, 3.8) is 0 Å². The highest BCUT2D eigenvalue weighted by molar-refractivity contribution is 6.22. The number of carbonyl (C=O) groups excluding carboxylic acids is 4. The van der Waals surface area contributed by atoms with Gasteiger partial charge in [-0.15, -0.1) is 0 Å². The Labute approximate surface area is 164 Å². The number of ether oxygens (including phenoxy) is 1. The van der Waals surface area contributed by atoms with E-state index in [1.807, 2.05) is 20.8 Å². The van der Waals surface area contributed by atoms with Crippen molar-refractivity contribution in [1.82, 2.24) is 15.5 Å². The van der Waals surface area contributed by atoms with Gasteiger partial charge in [-0.25, -0.2) is 4.79 Å². The molecule has 1 aromatic carbocycles. The first-order valence-electron chi connectivity index (χ1n) is 9.54. The van der Waals surface area contributed by atoms with Gasteiger partial charge in [0.15, 0.2) is 0 Å². The van der Waals surface area contributed by atoms with Crippen LogP contribution in [0.4, 0.5) is 4.79 Å². The van der Waals surface area contributed by atoms with Gasteiger partial charge in [0.2, 0.25) is 0 Å². The molecule has 2 rings (SSSR count). The summed E-state index contributed by atoms with van der Waals surface area (Å²) in [7, 11) is 0. The summed E-state index contributed by atoms with van der Waals surface area (Å²) in [6.07, 6.45) is 1.22. The van der Waals surface area contributed by atoms with E-state index in [-0.39, 0.29) is 47.9 Å². The molecule has 1 aromatic rings. The number of amides is 4. The van der Waals surface area contributed by atoms with Crippen LogP contribution in [-0.2, 0) is 4.74 Å². The van der Waals surface area contributed by atoms with Crippen molar-refractivity contribution >= 4 is 23.8 Å². The third-order valence-corrected chi connectivity index (χ3v) is 4.19. The Morgan fingerprint density at radius 1 is 1.07 bits per heavy atom. The van der Waals surface area contributed by atoms with Gasteiger partial charge in [-0.3, -0.25) is 19.3 Å². The van der Waals surface area contributed by atoms with Crippen LogP contribution >= 0.6 is 0 Å². The van der Waals surface area contributed by atoms with E-state index in [0.29, 0.717) is 18.7 Å². The average Bonchev–Trinajstić information content (AvgIpc) is 2.89. The SMILES string of the molecule is CCCCOC(=O)NCCNC(=O)c1ccc2c(c1)C(=O)N(CC(C)C)C2=O. The largest absolute Gasteiger partial charge is 0.450 e. The second-order valence-corrected chi connectivity index (χ2v) is 7.05. The van der Waals surface area contributed by atoms with Crippen molar-refractivity contribution in [1.29, 1.82) is 0 Å². The Balaban J connectivity index is 1.88. The fourth-order valence-electron chi connectivity index (χ4n) is 2.77. The third kappa shape index (κ3) is 5.31. The Bertz CT molecular complexity index is 760. The van der Waals surface area contributed by atoms with E-state index in [0.717, 1.165) is 12.8 Å². The fourth-order valence-corrected chi connectivity index (χ4v) is 2.77. The molecule has 0 radical (unpaired) electrons. The predicted molar refractivity (Wildman–Crippen MR) is 103 cm³/mol. The minimum Gasteiger partial charge on any atom is -0.450 e. The number of hydrogen-bond acceptors (Lipinski definition) is 5. The van der Waals surface area contributed by atoms with Crippen LogP contribution in [0.3, 0.4) is 0 Å².